The molecular weight excluding hydrogens is 304 g/mol. The molecule has 7 heteroatoms. The van der Waals surface area contributed by atoms with Crippen molar-refractivity contribution in [1.82, 2.24) is 10.6 Å². The number of para-hydroxylation sites is 1. The molecule has 0 bridgehead atoms. The van der Waals surface area contributed by atoms with Crippen molar-refractivity contribution in [3.8, 4) is 5.75 Å². The number of hydrogen-bond donors (Lipinski definition) is 2. The number of hydrogen-bond acceptors (Lipinski definition) is 4. The van der Waals surface area contributed by atoms with Gasteiger partial charge in [0, 0.05) is 13.0 Å². The summed E-state index contributed by atoms with van der Waals surface area (Å²) < 4.78 is 28.4. The SMILES string of the molecule is O=C(NC[C@H]1CCS(=O)(=O)C1)NC[C@H]1Cc2ccccc2O1. The number of benzene rings is 1. The molecule has 0 aromatic heterocycles. The van der Waals surface area contributed by atoms with Gasteiger partial charge < -0.3 is 15.4 Å². The van der Waals surface area contributed by atoms with Gasteiger partial charge in [-0.15, -0.1) is 0 Å². The van der Waals surface area contributed by atoms with E-state index in [9.17, 15) is 13.2 Å². The summed E-state index contributed by atoms with van der Waals surface area (Å²) in [6.07, 6.45) is 1.37. The summed E-state index contributed by atoms with van der Waals surface area (Å²) in [7, 11) is -2.89. The zero-order chi connectivity index (χ0) is 15.6. The van der Waals surface area contributed by atoms with Crippen molar-refractivity contribution in [3.05, 3.63) is 29.8 Å². The minimum Gasteiger partial charge on any atom is -0.488 e. The molecule has 2 aliphatic heterocycles. The van der Waals surface area contributed by atoms with E-state index in [-0.39, 0.29) is 29.6 Å². The summed E-state index contributed by atoms with van der Waals surface area (Å²) >= 11 is 0. The van der Waals surface area contributed by atoms with Gasteiger partial charge in [-0.3, -0.25) is 0 Å². The van der Waals surface area contributed by atoms with Crippen LogP contribution in [0.25, 0.3) is 0 Å². The second-order valence-corrected chi connectivity index (χ2v) is 8.14. The van der Waals surface area contributed by atoms with E-state index < -0.39 is 9.84 Å². The Morgan fingerprint density at radius 1 is 1.23 bits per heavy atom. The van der Waals surface area contributed by atoms with E-state index in [0.717, 1.165) is 17.7 Å². The quantitative estimate of drug-likeness (QED) is 0.855. The van der Waals surface area contributed by atoms with Gasteiger partial charge >= 0.3 is 6.03 Å². The highest BCUT2D eigenvalue weighted by Crippen LogP contribution is 2.27. The number of urea groups is 1. The van der Waals surface area contributed by atoms with Gasteiger partial charge in [-0.05, 0) is 24.0 Å². The van der Waals surface area contributed by atoms with Crippen LogP contribution in [0.15, 0.2) is 24.3 Å². The van der Waals surface area contributed by atoms with E-state index in [4.69, 9.17) is 4.74 Å². The van der Waals surface area contributed by atoms with Crippen LogP contribution < -0.4 is 15.4 Å². The molecule has 6 nitrogen and oxygen atoms in total. The third-order valence-electron chi connectivity index (χ3n) is 4.08. The fraction of sp³-hybridized carbons (Fsp3) is 0.533. The fourth-order valence-corrected chi connectivity index (χ4v) is 4.77. The van der Waals surface area contributed by atoms with Gasteiger partial charge in [0.2, 0.25) is 0 Å². The number of rotatable bonds is 4. The van der Waals surface area contributed by atoms with Gasteiger partial charge in [0.05, 0.1) is 18.1 Å². The average Bonchev–Trinajstić information content (AvgIpc) is 3.05. The van der Waals surface area contributed by atoms with Crippen molar-refractivity contribution < 1.29 is 17.9 Å². The predicted molar refractivity (Wildman–Crippen MR) is 82.7 cm³/mol. The van der Waals surface area contributed by atoms with Gasteiger partial charge in [-0.25, -0.2) is 13.2 Å². The molecule has 22 heavy (non-hydrogen) atoms. The summed E-state index contributed by atoms with van der Waals surface area (Å²) in [5.74, 6) is 1.32. The van der Waals surface area contributed by atoms with Crippen LogP contribution in [0.3, 0.4) is 0 Å². The van der Waals surface area contributed by atoms with Crippen LogP contribution in [0.1, 0.15) is 12.0 Å². The molecule has 2 heterocycles. The van der Waals surface area contributed by atoms with E-state index in [1.165, 1.54) is 0 Å². The predicted octanol–water partition coefficient (Wildman–Crippen LogP) is 0.724. The highest BCUT2D eigenvalue weighted by atomic mass is 32.2. The number of sulfone groups is 1. The van der Waals surface area contributed by atoms with Crippen molar-refractivity contribution in [2.45, 2.75) is 18.9 Å². The highest BCUT2D eigenvalue weighted by Gasteiger charge is 2.28. The lowest BCUT2D eigenvalue weighted by Crippen LogP contribution is -2.42. The molecule has 120 valence electrons. The summed E-state index contributed by atoms with van der Waals surface area (Å²) in [5, 5.41) is 5.52. The van der Waals surface area contributed by atoms with E-state index >= 15 is 0 Å². The van der Waals surface area contributed by atoms with Gasteiger partial charge in [-0.2, -0.15) is 0 Å². The lowest BCUT2D eigenvalue weighted by molar-refractivity contribution is 0.213. The zero-order valence-electron chi connectivity index (χ0n) is 12.2. The van der Waals surface area contributed by atoms with Gasteiger partial charge in [0.25, 0.3) is 0 Å². The minimum atomic E-state index is -2.89. The maximum Gasteiger partial charge on any atom is 0.314 e. The van der Waals surface area contributed by atoms with Crippen LogP contribution >= 0.6 is 0 Å². The Kier molecular flexibility index (Phi) is 4.24. The number of carbonyl (C=O) groups excluding carboxylic acids is 1. The first-order chi connectivity index (χ1) is 10.5. The van der Waals surface area contributed by atoms with Crippen molar-refractivity contribution in [2.75, 3.05) is 24.6 Å². The van der Waals surface area contributed by atoms with Crippen LogP contribution in [0.4, 0.5) is 4.79 Å². The average molecular weight is 324 g/mol. The Bertz CT molecular complexity index is 634. The Labute approximate surface area is 130 Å². The smallest absolute Gasteiger partial charge is 0.314 e. The first kappa shape index (κ1) is 15.1. The van der Waals surface area contributed by atoms with Crippen molar-refractivity contribution in [3.63, 3.8) is 0 Å². The second-order valence-electron chi connectivity index (χ2n) is 5.91. The molecule has 0 unspecified atom stereocenters. The van der Waals surface area contributed by atoms with Crippen molar-refractivity contribution in [1.29, 1.82) is 0 Å². The molecule has 3 rings (SSSR count). The maximum atomic E-state index is 11.8. The molecule has 1 saturated heterocycles. The summed E-state index contributed by atoms with van der Waals surface area (Å²) in [6, 6.07) is 7.58. The van der Waals surface area contributed by atoms with E-state index in [1.54, 1.807) is 0 Å². The van der Waals surface area contributed by atoms with E-state index in [1.807, 2.05) is 24.3 Å². The van der Waals surface area contributed by atoms with Gasteiger partial charge in [0.15, 0.2) is 9.84 Å². The van der Waals surface area contributed by atoms with Crippen LogP contribution in [-0.2, 0) is 16.3 Å². The van der Waals surface area contributed by atoms with Crippen molar-refractivity contribution >= 4 is 15.9 Å². The molecule has 2 aliphatic rings. The normalized spacial score (nSPS) is 25.3. The molecule has 0 radical (unpaired) electrons. The monoisotopic (exact) mass is 324 g/mol. The molecule has 0 saturated carbocycles. The molecule has 1 aromatic rings. The van der Waals surface area contributed by atoms with Crippen LogP contribution in [0.5, 0.6) is 5.75 Å². The van der Waals surface area contributed by atoms with Gasteiger partial charge in [-0.1, -0.05) is 18.2 Å². The van der Waals surface area contributed by atoms with E-state index in [2.05, 4.69) is 10.6 Å². The molecular formula is C15H20N2O4S. The lowest BCUT2D eigenvalue weighted by atomic mass is 10.1. The Balaban J connectivity index is 1.37. The third kappa shape index (κ3) is 3.71. The van der Waals surface area contributed by atoms with Crippen LogP contribution in [-0.4, -0.2) is 45.1 Å². The van der Waals surface area contributed by atoms with Gasteiger partial charge in [0.1, 0.15) is 11.9 Å². The minimum absolute atomic E-state index is 0.0303. The Morgan fingerprint density at radius 2 is 2.00 bits per heavy atom. The third-order valence-corrected chi connectivity index (χ3v) is 5.92. The number of carbonyl (C=O) groups is 1. The number of ether oxygens (including phenoxy) is 1. The van der Waals surface area contributed by atoms with Crippen LogP contribution in [0.2, 0.25) is 0 Å². The molecule has 0 aliphatic carbocycles. The highest BCUT2D eigenvalue weighted by molar-refractivity contribution is 7.91. The topological polar surface area (TPSA) is 84.5 Å². The first-order valence-electron chi connectivity index (χ1n) is 7.48. The summed E-state index contributed by atoms with van der Waals surface area (Å²) in [4.78, 5) is 11.8. The molecule has 2 N–H and O–H groups in total. The molecule has 1 aromatic carbocycles. The number of fused-ring (bicyclic) bond motifs is 1. The van der Waals surface area contributed by atoms with E-state index in [0.29, 0.717) is 19.5 Å². The largest absolute Gasteiger partial charge is 0.488 e. The molecule has 0 spiro atoms. The zero-order valence-corrected chi connectivity index (χ0v) is 13.1. The molecule has 1 fully saturated rings. The Hall–Kier alpha value is -1.76. The standard InChI is InChI=1S/C15H20N2O4S/c18-15(16-8-11-5-6-22(19,20)10-11)17-9-13-7-12-3-1-2-4-14(12)21-13/h1-4,11,13H,5-10H2,(H2,16,17,18)/t11-,13-/m1/s1. The summed E-state index contributed by atoms with van der Waals surface area (Å²) in [5.41, 5.74) is 1.16. The lowest BCUT2D eigenvalue weighted by Gasteiger charge is -2.14. The van der Waals surface area contributed by atoms with Crippen molar-refractivity contribution in [2.24, 2.45) is 5.92 Å². The molecule has 2 amide bonds. The summed E-state index contributed by atoms with van der Waals surface area (Å²) in [6.45, 7) is 0.834. The van der Waals surface area contributed by atoms with Crippen LogP contribution in [0, 0.1) is 5.92 Å². The second kappa shape index (κ2) is 6.16. The Morgan fingerprint density at radius 3 is 2.73 bits per heavy atom. The fourth-order valence-electron chi connectivity index (χ4n) is 2.91. The first-order valence-corrected chi connectivity index (χ1v) is 9.31. The number of amides is 2. The number of nitrogens with one attached hydrogen (secondary N) is 2. The maximum absolute atomic E-state index is 11.8. The molecule has 2 atom stereocenters.